The van der Waals surface area contributed by atoms with E-state index >= 15 is 0 Å². The zero-order valence-corrected chi connectivity index (χ0v) is 19.8. The summed E-state index contributed by atoms with van der Waals surface area (Å²) in [5, 5.41) is 3.47. The van der Waals surface area contributed by atoms with Crippen molar-refractivity contribution in [2.75, 3.05) is 20.8 Å². The minimum absolute atomic E-state index is 0.271. The molecule has 0 aliphatic carbocycles. The molecule has 6 nitrogen and oxygen atoms in total. The number of nitrogens with zero attached hydrogens (tertiary/aromatic N) is 2. The summed E-state index contributed by atoms with van der Waals surface area (Å²) in [7, 11) is 3.21. The topological polar surface area (TPSA) is 60.4 Å². The van der Waals surface area contributed by atoms with Crippen LogP contribution in [-0.4, -0.2) is 36.9 Å². The molecule has 0 saturated carbocycles. The highest BCUT2D eigenvalue weighted by Gasteiger charge is 2.42. The molecule has 0 radical (unpaired) electrons. The average molecular weight is 471 g/mol. The minimum Gasteiger partial charge on any atom is -0.497 e. The van der Waals surface area contributed by atoms with Crippen LogP contribution in [-0.2, 0) is 9.53 Å². The lowest BCUT2D eigenvalue weighted by Crippen LogP contribution is -2.36. The molecular formula is C24H23ClN2O4S. The minimum atomic E-state index is -0.487. The summed E-state index contributed by atoms with van der Waals surface area (Å²) in [6.07, 6.45) is 0. The van der Waals surface area contributed by atoms with E-state index in [0.717, 1.165) is 22.0 Å². The van der Waals surface area contributed by atoms with Crippen molar-refractivity contribution in [3.63, 3.8) is 0 Å². The third-order valence-electron chi connectivity index (χ3n) is 5.30. The molecule has 2 aliphatic heterocycles. The Morgan fingerprint density at radius 1 is 1.16 bits per heavy atom. The van der Waals surface area contributed by atoms with Gasteiger partial charge in [-0.2, -0.15) is 0 Å². The maximum Gasteiger partial charge on any atom is 0.338 e. The lowest BCUT2D eigenvalue weighted by atomic mass is 9.92. The van der Waals surface area contributed by atoms with E-state index in [2.05, 4.69) is 4.90 Å². The van der Waals surface area contributed by atoms with Crippen LogP contribution in [0.4, 0.5) is 0 Å². The number of esters is 1. The van der Waals surface area contributed by atoms with Gasteiger partial charge in [-0.15, -0.1) is 0 Å². The molecule has 0 N–H and O–H groups in total. The van der Waals surface area contributed by atoms with Crippen LogP contribution >= 0.6 is 23.4 Å². The van der Waals surface area contributed by atoms with E-state index in [1.165, 1.54) is 11.8 Å². The molecule has 2 aromatic rings. The van der Waals surface area contributed by atoms with Crippen molar-refractivity contribution in [2.45, 2.75) is 19.9 Å². The molecule has 0 saturated heterocycles. The first-order valence-corrected chi connectivity index (χ1v) is 11.3. The molecule has 4 rings (SSSR count). The van der Waals surface area contributed by atoms with Gasteiger partial charge in [-0.1, -0.05) is 35.5 Å². The van der Waals surface area contributed by atoms with Crippen LogP contribution < -0.4 is 9.47 Å². The number of hydrogen-bond donors (Lipinski definition) is 0. The van der Waals surface area contributed by atoms with Crippen molar-refractivity contribution >= 4 is 40.2 Å². The zero-order valence-electron chi connectivity index (χ0n) is 18.2. The molecule has 166 valence electrons. The number of aliphatic imine (C=N–C) groups is 1. The largest absolute Gasteiger partial charge is 0.497 e. The number of allylic oxidation sites excluding steroid dienone is 1. The standard InChI is InChI=1S/C24H23ClN2O4S/c1-5-31-23(28)21-14(2)26-24-27(19(13-32-24)15-6-8-16(25)9-7-15)22(21)18-11-10-17(29-3)12-20(18)30-4/h6-13,22H,5H2,1-4H3/t22-/m1/s1. The zero-order chi connectivity index (χ0) is 22.8. The quantitative estimate of drug-likeness (QED) is 0.508. The van der Waals surface area contributed by atoms with E-state index in [-0.39, 0.29) is 6.61 Å². The number of benzene rings is 2. The van der Waals surface area contributed by atoms with E-state index in [0.29, 0.717) is 27.8 Å². The molecule has 1 atom stereocenters. The highest BCUT2D eigenvalue weighted by molar-refractivity contribution is 8.16. The van der Waals surface area contributed by atoms with Crippen molar-refractivity contribution in [3.05, 3.63) is 75.3 Å². The summed E-state index contributed by atoms with van der Waals surface area (Å²) < 4.78 is 16.5. The lowest BCUT2D eigenvalue weighted by Gasteiger charge is -2.37. The second kappa shape index (κ2) is 9.30. The van der Waals surface area contributed by atoms with Crippen molar-refractivity contribution < 1.29 is 19.0 Å². The Bertz CT molecular complexity index is 1140. The molecule has 2 aliphatic rings. The number of carbonyl (C=O) groups is 1. The van der Waals surface area contributed by atoms with Gasteiger partial charge in [-0.3, -0.25) is 0 Å². The number of hydrogen-bond acceptors (Lipinski definition) is 7. The van der Waals surface area contributed by atoms with E-state index < -0.39 is 12.0 Å². The summed E-state index contributed by atoms with van der Waals surface area (Å²) in [6.45, 7) is 3.90. The lowest BCUT2D eigenvalue weighted by molar-refractivity contribution is -0.139. The summed E-state index contributed by atoms with van der Waals surface area (Å²) in [6, 6.07) is 12.7. The van der Waals surface area contributed by atoms with Crippen molar-refractivity contribution in [1.29, 1.82) is 0 Å². The number of thioether (sulfide) groups is 1. The molecule has 32 heavy (non-hydrogen) atoms. The Labute approximate surface area is 196 Å². The van der Waals surface area contributed by atoms with E-state index in [4.69, 9.17) is 30.8 Å². The van der Waals surface area contributed by atoms with Crippen molar-refractivity contribution in [2.24, 2.45) is 4.99 Å². The Morgan fingerprint density at radius 2 is 1.91 bits per heavy atom. The maximum absolute atomic E-state index is 13.1. The Morgan fingerprint density at radius 3 is 2.56 bits per heavy atom. The number of amidine groups is 1. The highest BCUT2D eigenvalue weighted by atomic mass is 35.5. The molecular weight excluding hydrogens is 448 g/mol. The van der Waals surface area contributed by atoms with Gasteiger partial charge in [-0.25, -0.2) is 9.79 Å². The molecule has 2 heterocycles. The molecule has 0 bridgehead atoms. The molecule has 8 heteroatoms. The number of ether oxygens (including phenoxy) is 3. The van der Waals surface area contributed by atoms with Crippen molar-refractivity contribution in [3.8, 4) is 11.5 Å². The third-order valence-corrected chi connectivity index (χ3v) is 6.39. The van der Waals surface area contributed by atoms with Gasteiger partial charge in [-0.05, 0) is 43.7 Å². The fourth-order valence-electron chi connectivity index (χ4n) is 3.82. The normalized spacial score (nSPS) is 17.5. The maximum atomic E-state index is 13.1. The number of carbonyl (C=O) groups excluding carboxylic acids is 1. The first-order valence-electron chi connectivity index (χ1n) is 10.1. The van der Waals surface area contributed by atoms with Crippen LogP contribution in [0.3, 0.4) is 0 Å². The second-order valence-corrected chi connectivity index (χ2v) is 8.40. The Kier molecular flexibility index (Phi) is 6.48. The van der Waals surface area contributed by atoms with Gasteiger partial charge in [0.25, 0.3) is 0 Å². The van der Waals surface area contributed by atoms with Gasteiger partial charge < -0.3 is 19.1 Å². The van der Waals surface area contributed by atoms with E-state index in [1.807, 2.05) is 54.8 Å². The molecule has 0 unspecified atom stereocenters. The van der Waals surface area contributed by atoms with Gasteiger partial charge in [0.2, 0.25) is 0 Å². The number of rotatable bonds is 6. The van der Waals surface area contributed by atoms with Crippen LogP contribution in [0.2, 0.25) is 5.02 Å². The molecule has 0 spiro atoms. The first-order chi connectivity index (χ1) is 15.5. The molecule has 2 aromatic carbocycles. The third kappa shape index (κ3) is 3.98. The number of fused-ring (bicyclic) bond motifs is 1. The number of methoxy groups -OCH3 is 2. The van der Waals surface area contributed by atoms with Crippen LogP contribution in [0.25, 0.3) is 5.70 Å². The first kappa shape index (κ1) is 22.3. The number of halogens is 1. The summed E-state index contributed by atoms with van der Waals surface area (Å²) in [5.41, 5.74) is 3.79. The van der Waals surface area contributed by atoms with Gasteiger partial charge >= 0.3 is 5.97 Å². The average Bonchev–Trinajstić information content (AvgIpc) is 3.21. The van der Waals surface area contributed by atoms with Crippen molar-refractivity contribution in [1.82, 2.24) is 4.90 Å². The SMILES string of the molecule is CCOC(=O)C1=C(C)N=C2SC=C(c3ccc(Cl)cc3)N2[C@@H]1c1ccc(OC)cc1OC. The fourth-order valence-corrected chi connectivity index (χ4v) is 4.92. The van der Waals surface area contributed by atoms with Gasteiger partial charge in [0, 0.05) is 22.1 Å². The van der Waals surface area contributed by atoms with Crippen LogP contribution in [0.5, 0.6) is 11.5 Å². The van der Waals surface area contributed by atoms with Crippen LogP contribution in [0.1, 0.15) is 31.0 Å². The fraction of sp³-hybridized carbons (Fsp3) is 0.250. The highest BCUT2D eigenvalue weighted by Crippen LogP contribution is 2.49. The predicted molar refractivity (Wildman–Crippen MR) is 128 cm³/mol. The molecule has 0 amide bonds. The van der Waals surface area contributed by atoms with Crippen LogP contribution in [0.15, 0.2) is 64.1 Å². The van der Waals surface area contributed by atoms with Gasteiger partial charge in [0.1, 0.15) is 11.5 Å². The smallest absolute Gasteiger partial charge is 0.338 e. The summed E-state index contributed by atoms with van der Waals surface area (Å²) in [5.74, 6) is 0.874. The summed E-state index contributed by atoms with van der Waals surface area (Å²) >= 11 is 7.62. The van der Waals surface area contributed by atoms with Gasteiger partial charge in [0.15, 0.2) is 5.17 Å². The Hall–Kier alpha value is -2.90. The Balaban J connectivity index is 1.90. The van der Waals surface area contributed by atoms with E-state index in [1.54, 1.807) is 21.1 Å². The van der Waals surface area contributed by atoms with Crippen LogP contribution in [0, 0.1) is 0 Å². The van der Waals surface area contributed by atoms with E-state index in [9.17, 15) is 4.79 Å². The monoisotopic (exact) mass is 470 g/mol. The predicted octanol–water partition coefficient (Wildman–Crippen LogP) is 5.65. The molecule has 0 fully saturated rings. The summed E-state index contributed by atoms with van der Waals surface area (Å²) in [4.78, 5) is 19.9. The second-order valence-electron chi connectivity index (χ2n) is 7.12. The molecule has 0 aromatic heterocycles. The van der Waals surface area contributed by atoms with Gasteiger partial charge in [0.05, 0.1) is 43.8 Å².